The van der Waals surface area contributed by atoms with Crippen molar-refractivity contribution in [2.45, 2.75) is 20.5 Å². The molecule has 0 atom stereocenters. The van der Waals surface area contributed by atoms with Crippen molar-refractivity contribution in [3.8, 4) is 11.5 Å². The lowest BCUT2D eigenvalue weighted by Crippen LogP contribution is -2.02. The Bertz CT molecular complexity index is 954. The second-order valence-electron chi connectivity index (χ2n) is 6.27. The maximum atomic E-state index is 6.06. The van der Waals surface area contributed by atoms with Crippen LogP contribution >= 0.6 is 34.2 Å². The third kappa shape index (κ3) is 5.72. The van der Waals surface area contributed by atoms with E-state index in [9.17, 15) is 0 Å². The Morgan fingerprint density at radius 3 is 2.39 bits per heavy atom. The van der Waals surface area contributed by atoms with Gasteiger partial charge in [-0.15, -0.1) is 0 Å². The molecule has 0 aromatic heterocycles. The quantitative estimate of drug-likeness (QED) is 0.256. The Morgan fingerprint density at radius 1 is 1.00 bits per heavy atom. The van der Waals surface area contributed by atoms with Crippen molar-refractivity contribution in [3.63, 3.8) is 0 Å². The molecule has 0 amide bonds. The van der Waals surface area contributed by atoms with E-state index in [0.29, 0.717) is 24.0 Å². The third-order valence-electron chi connectivity index (χ3n) is 4.02. The van der Waals surface area contributed by atoms with Crippen LogP contribution in [0.15, 0.2) is 65.7 Å². The Balaban J connectivity index is 1.80. The smallest absolute Gasteiger partial charge is 0.175 e. The predicted molar refractivity (Wildman–Crippen MR) is 125 cm³/mol. The van der Waals surface area contributed by atoms with Gasteiger partial charge in [0, 0.05) is 11.2 Å². The van der Waals surface area contributed by atoms with Gasteiger partial charge in [-0.2, -0.15) is 0 Å². The number of ether oxygens (including phenoxy) is 2. The van der Waals surface area contributed by atoms with Crippen LogP contribution in [0.4, 0.5) is 5.69 Å². The third-order valence-corrected chi connectivity index (χ3v) is 5.08. The summed E-state index contributed by atoms with van der Waals surface area (Å²) in [6.07, 6.45) is 1.85. The molecule has 0 N–H and O–H groups in total. The molecule has 3 rings (SSSR count). The van der Waals surface area contributed by atoms with Gasteiger partial charge >= 0.3 is 0 Å². The monoisotopic (exact) mass is 505 g/mol. The molecule has 0 saturated heterocycles. The maximum absolute atomic E-state index is 6.06. The zero-order chi connectivity index (χ0) is 19.9. The molecule has 0 aliphatic heterocycles. The first-order valence-electron chi connectivity index (χ1n) is 8.99. The molecule has 0 saturated carbocycles. The highest BCUT2D eigenvalue weighted by Gasteiger charge is 2.12. The minimum absolute atomic E-state index is 0.448. The molecular weight excluding hydrogens is 485 g/mol. The van der Waals surface area contributed by atoms with Gasteiger partial charge in [0.2, 0.25) is 0 Å². The van der Waals surface area contributed by atoms with Gasteiger partial charge in [-0.1, -0.05) is 41.4 Å². The van der Waals surface area contributed by atoms with Gasteiger partial charge in [0.15, 0.2) is 11.5 Å². The standard InChI is InChI=1S/C23H21ClINO2/c1-3-27-22-13-18(14-26-20-10-4-16(2)5-11-20)12-21(25)23(22)28-15-17-6-8-19(24)9-7-17/h4-14H,3,15H2,1-2H3. The van der Waals surface area contributed by atoms with Crippen LogP contribution in [0.2, 0.25) is 5.02 Å². The second-order valence-corrected chi connectivity index (χ2v) is 7.87. The van der Waals surface area contributed by atoms with E-state index in [0.717, 1.165) is 26.1 Å². The van der Waals surface area contributed by atoms with Crippen LogP contribution < -0.4 is 9.47 Å². The van der Waals surface area contributed by atoms with E-state index < -0.39 is 0 Å². The van der Waals surface area contributed by atoms with Crippen LogP contribution in [0.3, 0.4) is 0 Å². The van der Waals surface area contributed by atoms with Gasteiger partial charge in [0.1, 0.15) is 6.61 Å². The minimum Gasteiger partial charge on any atom is -0.490 e. The minimum atomic E-state index is 0.448. The van der Waals surface area contributed by atoms with Crippen LogP contribution in [0, 0.1) is 10.5 Å². The summed E-state index contributed by atoms with van der Waals surface area (Å²) in [6, 6.07) is 19.7. The first kappa shape index (κ1) is 20.7. The molecule has 0 fully saturated rings. The van der Waals surface area contributed by atoms with Crippen LogP contribution in [-0.4, -0.2) is 12.8 Å². The molecule has 28 heavy (non-hydrogen) atoms. The Kier molecular flexibility index (Phi) is 7.34. The van der Waals surface area contributed by atoms with E-state index in [2.05, 4.69) is 46.6 Å². The Hall–Kier alpha value is -2.05. The van der Waals surface area contributed by atoms with Gasteiger partial charge in [-0.3, -0.25) is 4.99 Å². The topological polar surface area (TPSA) is 30.8 Å². The lowest BCUT2D eigenvalue weighted by molar-refractivity contribution is 0.267. The lowest BCUT2D eigenvalue weighted by Gasteiger charge is -2.15. The molecule has 0 unspecified atom stereocenters. The van der Waals surface area contributed by atoms with Crippen LogP contribution in [-0.2, 0) is 6.61 Å². The fourth-order valence-electron chi connectivity index (χ4n) is 2.58. The average molecular weight is 506 g/mol. The van der Waals surface area contributed by atoms with E-state index in [1.165, 1.54) is 5.56 Å². The number of benzene rings is 3. The molecule has 0 spiro atoms. The van der Waals surface area contributed by atoms with E-state index in [4.69, 9.17) is 21.1 Å². The molecule has 3 aromatic carbocycles. The first-order chi connectivity index (χ1) is 13.5. The zero-order valence-electron chi connectivity index (χ0n) is 15.8. The molecule has 3 nitrogen and oxygen atoms in total. The number of hydrogen-bond donors (Lipinski definition) is 0. The molecule has 144 valence electrons. The van der Waals surface area contributed by atoms with Crippen molar-refractivity contribution in [3.05, 3.63) is 85.9 Å². The predicted octanol–water partition coefficient (Wildman–Crippen LogP) is 6.98. The van der Waals surface area contributed by atoms with E-state index >= 15 is 0 Å². The summed E-state index contributed by atoms with van der Waals surface area (Å²) >= 11 is 8.22. The fraction of sp³-hybridized carbons (Fsp3) is 0.174. The van der Waals surface area contributed by atoms with Crippen molar-refractivity contribution in [2.75, 3.05) is 6.61 Å². The zero-order valence-corrected chi connectivity index (χ0v) is 18.7. The van der Waals surface area contributed by atoms with Gasteiger partial charge in [0.25, 0.3) is 0 Å². The number of hydrogen-bond acceptors (Lipinski definition) is 3. The van der Waals surface area contributed by atoms with Crippen molar-refractivity contribution >= 4 is 46.1 Å². The number of halogens is 2. The van der Waals surface area contributed by atoms with Crippen molar-refractivity contribution < 1.29 is 9.47 Å². The van der Waals surface area contributed by atoms with Crippen molar-refractivity contribution in [1.29, 1.82) is 0 Å². The van der Waals surface area contributed by atoms with E-state index in [1.54, 1.807) is 0 Å². The molecule has 0 heterocycles. The number of rotatable bonds is 7. The van der Waals surface area contributed by atoms with Crippen LogP contribution in [0.1, 0.15) is 23.6 Å². The summed E-state index contributed by atoms with van der Waals surface area (Å²) < 4.78 is 12.9. The number of aryl methyl sites for hydroxylation is 1. The normalized spacial score (nSPS) is 11.0. The highest BCUT2D eigenvalue weighted by atomic mass is 127. The molecule has 0 radical (unpaired) electrons. The van der Waals surface area contributed by atoms with Crippen molar-refractivity contribution in [2.24, 2.45) is 4.99 Å². The summed E-state index contributed by atoms with van der Waals surface area (Å²) in [7, 11) is 0. The summed E-state index contributed by atoms with van der Waals surface area (Å²) in [5.41, 5.74) is 4.15. The van der Waals surface area contributed by atoms with Gasteiger partial charge in [0.05, 0.1) is 15.9 Å². The summed E-state index contributed by atoms with van der Waals surface area (Å²) in [4.78, 5) is 4.55. The number of nitrogens with zero attached hydrogens (tertiary/aromatic N) is 1. The fourth-order valence-corrected chi connectivity index (χ4v) is 3.49. The highest BCUT2D eigenvalue weighted by molar-refractivity contribution is 14.1. The Labute approximate surface area is 184 Å². The largest absolute Gasteiger partial charge is 0.490 e. The summed E-state index contributed by atoms with van der Waals surface area (Å²) in [6.45, 7) is 5.03. The SMILES string of the molecule is CCOc1cc(C=Nc2ccc(C)cc2)cc(I)c1OCc1ccc(Cl)cc1. The van der Waals surface area contributed by atoms with Gasteiger partial charge < -0.3 is 9.47 Å². The average Bonchev–Trinajstić information content (AvgIpc) is 2.68. The molecule has 3 aromatic rings. The van der Waals surface area contributed by atoms with E-state index in [-0.39, 0.29) is 0 Å². The summed E-state index contributed by atoms with van der Waals surface area (Å²) in [5.74, 6) is 1.46. The van der Waals surface area contributed by atoms with Crippen LogP contribution in [0.5, 0.6) is 11.5 Å². The maximum Gasteiger partial charge on any atom is 0.175 e. The molecular formula is C23H21ClINO2. The lowest BCUT2D eigenvalue weighted by atomic mass is 10.2. The highest BCUT2D eigenvalue weighted by Crippen LogP contribution is 2.34. The van der Waals surface area contributed by atoms with Crippen LogP contribution in [0.25, 0.3) is 0 Å². The van der Waals surface area contributed by atoms with Crippen molar-refractivity contribution in [1.82, 2.24) is 0 Å². The first-order valence-corrected chi connectivity index (χ1v) is 10.4. The number of aliphatic imine (C=N–C) groups is 1. The Morgan fingerprint density at radius 2 is 1.71 bits per heavy atom. The van der Waals surface area contributed by atoms with E-state index in [1.807, 2.05) is 61.7 Å². The summed E-state index contributed by atoms with van der Waals surface area (Å²) in [5, 5.41) is 0.713. The van der Waals surface area contributed by atoms with Gasteiger partial charge in [-0.25, -0.2) is 0 Å². The van der Waals surface area contributed by atoms with Gasteiger partial charge in [-0.05, 0) is 84.0 Å². The molecule has 5 heteroatoms. The molecule has 0 bridgehead atoms. The molecule has 0 aliphatic carbocycles. The second kappa shape index (κ2) is 9.94. The molecule has 0 aliphatic rings.